The predicted molar refractivity (Wildman–Crippen MR) is 67.7 cm³/mol. The third-order valence-corrected chi connectivity index (χ3v) is 2.42. The van der Waals surface area contributed by atoms with Crippen molar-refractivity contribution >= 4 is 23.7 Å². The van der Waals surface area contributed by atoms with E-state index < -0.39 is 5.97 Å². The van der Waals surface area contributed by atoms with Gasteiger partial charge in [-0.05, 0) is 13.0 Å². The number of fused-ring (bicyclic) bond motifs is 1. The van der Waals surface area contributed by atoms with E-state index in [4.69, 9.17) is 10.00 Å². The number of hydrogen-bond donors (Lipinski definition) is 1. The molecule has 1 N–H and O–H groups in total. The molecule has 1 aromatic rings. The number of aliphatic imine (C=N–C) groups is 1. The van der Waals surface area contributed by atoms with Crippen LogP contribution < -0.4 is 5.32 Å². The summed E-state index contributed by atoms with van der Waals surface area (Å²) in [6.07, 6.45) is 1.45. The fraction of sp³-hybridized carbons (Fsp3) is 0.154. The molecule has 18 heavy (non-hydrogen) atoms. The van der Waals surface area contributed by atoms with Crippen molar-refractivity contribution in [3.63, 3.8) is 0 Å². The van der Waals surface area contributed by atoms with E-state index in [1.54, 1.807) is 13.0 Å². The van der Waals surface area contributed by atoms with E-state index in [-0.39, 0.29) is 12.2 Å². The minimum Gasteiger partial charge on any atom is -0.462 e. The van der Waals surface area contributed by atoms with E-state index in [9.17, 15) is 4.79 Å². The molecule has 5 nitrogen and oxygen atoms in total. The number of esters is 1. The van der Waals surface area contributed by atoms with Gasteiger partial charge in [-0.2, -0.15) is 5.26 Å². The second-order valence-electron chi connectivity index (χ2n) is 3.50. The van der Waals surface area contributed by atoms with Crippen molar-refractivity contribution in [2.45, 2.75) is 6.92 Å². The molecule has 0 spiro atoms. The molecule has 0 bridgehead atoms. The lowest BCUT2D eigenvalue weighted by Gasteiger charge is -2.15. The Morgan fingerprint density at radius 3 is 3.00 bits per heavy atom. The first-order valence-corrected chi connectivity index (χ1v) is 5.48. The summed E-state index contributed by atoms with van der Waals surface area (Å²) in [5, 5.41) is 12.1. The van der Waals surface area contributed by atoms with Gasteiger partial charge in [0.1, 0.15) is 6.07 Å². The minimum absolute atomic E-state index is 0.0814. The molecule has 5 heteroatoms. The average molecular weight is 241 g/mol. The van der Waals surface area contributed by atoms with Gasteiger partial charge in [-0.1, -0.05) is 18.2 Å². The largest absolute Gasteiger partial charge is 0.462 e. The molecule has 1 aliphatic rings. The van der Waals surface area contributed by atoms with E-state index >= 15 is 0 Å². The number of hydrogen-bond acceptors (Lipinski definition) is 5. The maximum atomic E-state index is 11.7. The number of ether oxygens (including phenoxy) is 1. The number of nitriles is 1. The molecule has 0 aromatic heterocycles. The highest BCUT2D eigenvalue weighted by atomic mass is 16.5. The van der Waals surface area contributed by atoms with Crippen LogP contribution in [0.3, 0.4) is 0 Å². The fourth-order valence-corrected chi connectivity index (χ4v) is 1.65. The van der Waals surface area contributed by atoms with Gasteiger partial charge in [-0.25, -0.2) is 9.79 Å². The van der Waals surface area contributed by atoms with Crippen LogP contribution in [0.1, 0.15) is 12.5 Å². The summed E-state index contributed by atoms with van der Waals surface area (Å²) >= 11 is 0. The first kappa shape index (κ1) is 11.9. The summed E-state index contributed by atoms with van der Waals surface area (Å²) in [4.78, 5) is 15.8. The molecule has 0 unspecified atom stereocenters. The van der Waals surface area contributed by atoms with Gasteiger partial charge in [-0.15, -0.1) is 0 Å². The number of anilines is 1. The van der Waals surface area contributed by atoms with Gasteiger partial charge in [0.2, 0.25) is 0 Å². The lowest BCUT2D eigenvalue weighted by Crippen LogP contribution is -2.11. The van der Waals surface area contributed by atoms with Crippen molar-refractivity contribution in [1.82, 2.24) is 0 Å². The number of nitrogens with one attached hydrogen (secondary N) is 1. The van der Waals surface area contributed by atoms with Crippen LogP contribution in [0, 0.1) is 11.3 Å². The topological polar surface area (TPSA) is 74.5 Å². The molecule has 0 atom stereocenters. The molecule has 0 saturated heterocycles. The van der Waals surface area contributed by atoms with E-state index in [1.165, 1.54) is 6.34 Å². The lowest BCUT2D eigenvalue weighted by molar-refractivity contribution is -0.137. The maximum absolute atomic E-state index is 11.7. The number of carbonyl (C=O) groups excluding carboxylic acids is 1. The van der Waals surface area contributed by atoms with Crippen LogP contribution in [0.2, 0.25) is 0 Å². The standard InChI is InChI=1S/C13H11N3O2/c1-2-18-13(17)10(7-14)12-9-5-3-4-6-11(9)15-8-16-12/h3-6,8H,2H2,1H3,(H,15,16)/b12-10+. The Kier molecular flexibility index (Phi) is 3.39. The molecule has 0 amide bonds. The molecule has 90 valence electrons. The maximum Gasteiger partial charge on any atom is 0.351 e. The van der Waals surface area contributed by atoms with Crippen LogP contribution in [0.4, 0.5) is 5.69 Å². The quantitative estimate of drug-likeness (QED) is 0.487. The highest BCUT2D eigenvalue weighted by Gasteiger charge is 2.21. The van der Waals surface area contributed by atoms with Crippen LogP contribution in [-0.2, 0) is 9.53 Å². The van der Waals surface area contributed by atoms with Gasteiger partial charge in [0.15, 0.2) is 5.57 Å². The Balaban J connectivity index is 2.54. The number of rotatable bonds is 2. The highest BCUT2D eigenvalue weighted by Crippen LogP contribution is 2.29. The van der Waals surface area contributed by atoms with Crippen molar-refractivity contribution in [1.29, 1.82) is 5.26 Å². The molecule has 0 radical (unpaired) electrons. The monoisotopic (exact) mass is 241 g/mol. The molecular weight excluding hydrogens is 230 g/mol. The molecular formula is C13H11N3O2. The van der Waals surface area contributed by atoms with Gasteiger partial charge in [0.05, 0.1) is 18.6 Å². The number of carbonyl (C=O) groups is 1. The van der Waals surface area contributed by atoms with E-state index in [0.717, 1.165) is 5.69 Å². The minimum atomic E-state index is -0.649. The zero-order valence-electron chi connectivity index (χ0n) is 9.80. The van der Waals surface area contributed by atoms with Crippen molar-refractivity contribution in [2.75, 3.05) is 11.9 Å². The normalized spacial score (nSPS) is 15.1. The first-order chi connectivity index (χ1) is 8.77. The second-order valence-corrected chi connectivity index (χ2v) is 3.50. The Labute approximate surface area is 104 Å². The van der Waals surface area contributed by atoms with Gasteiger partial charge >= 0.3 is 5.97 Å². The molecule has 2 rings (SSSR count). The molecule has 1 aromatic carbocycles. The Hall–Kier alpha value is -2.61. The van der Waals surface area contributed by atoms with Crippen LogP contribution in [0.5, 0.6) is 0 Å². The average Bonchev–Trinajstić information content (AvgIpc) is 2.40. The van der Waals surface area contributed by atoms with Crippen LogP contribution in [-0.4, -0.2) is 18.9 Å². The number of benzene rings is 1. The van der Waals surface area contributed by atoms with Crippen LogP contribution in [0.15, 0.2) is 34.8 Å². The molecule has 0 fully saturated rings. The summed E-state index contributed by atoms with van der Waals surface area (Å²) in [6, 6.07) is 9.19. The van der Waals surface area contributed by atoms with Gasteiger partial charge < -0.3 is 10.1 Å². The van der Waals surface area contributed by atoms with E-state index in [1.807, 2.05) is 24.3 Å². The lowest BCUT2D eigenvalue weighted by atomic mass is 10.0. The molecule has 1 heterocycles. The van der Waals surface area contributed by atoms with E-state index in [2.05, 4.69) is 10.3 Å². The fourth-order valence-electron chi connectivity index (χ4n) is 1.65. The smallest absolute Gasteiger partial charge is 0.351 e. The predicted octanol–water partition coefficient (Wildman–Crippen LogP) is 1.94. The Morgan fingerprint density at radius 1 is 1.50 bits per heavy atom. The zero-order chi connectivity index (χ0) is 13.0. The highest BCUT2D eigenvalue weighted by molar-refractivity contribution is 6.06. The molecule has 1 aliphatic heterocycles. The SMILES string of the molecule is CCOC(=O)/C(C#N)=C1/N=CNc2ccccc21. The summed E-state index contributed by atoms with van der Waals surface area (Å²) in [7, 11) is 0. The Bertz CT molecular complexity index is 582. The van der Waals surface area contributed by atoms with Gasteiger partial charge in [0, 0.05) is 11.3 Å². The van der Waals surface area contributed by atoms with Crippen molar-refractivity contribution in [3.8, 4) is 6.07 Å². The summed E-state index contributed by atoms with van der Waals surface area (Å²) < 4.78 is 4.85. The molecule has 0 aliphatic carbocycles. The van der Waals surface area contributed by atoms with Crippen molar-refractivity contribution < 1.29 is 9.53 Å². The second kappa shape index (κ2) is 5.15. The Morgan fingerprint density at radius 2 is 2.28 bits per heavy atom. The van der Waals surface area contributed by atoms with Gasteiger partial charge in [0.25, 0.3) is 0 Å². The summed E-state index contributed by atoms with van der Waals surface area (Å²) in [5.74, 6) is -0.649. The number of nitrogens with zero attached hydrogens (tertiary/aromatic N) is 2. The van der Waals surface area contributed by atoms with E-state index in [0.29, 0.717) is 11.3 Å². The van der Waals surface area contributed by atoms with Gasteiger partial charge in [-0.3, -0.25) is 0 Å². The zero-order valence-corrected chi connectivity index (χ0v) is 9.80. The summed E-state index contributed by atoms with van der Waals surface area (Å²) in [6.45, 7) is 1.91. The molecule has 0 saturated carbocycles. The van der Waals surface area contributed by atoms with Crippen molar-refractivity contribution in [3.05, 3.63) is 35.4 Å². The van der Waals surface area contributed by atoms with Crippen LogP contribution in [0.25, 0.3) is 5.70 Å². The summed E-state index contributed by atoms with van der Waals surface area (Å²) in [5.41, 5.74) is 1.77. The first-order valence-electron chi connectivity index (χ1n) is 5.48. The third kappa shape index (κ3) is 2.09. The number of para-hydroxylation sites is 1. The van der Waals surface area contributed by atoms with Crippen LogP contribution >= 0.6 is 0 Å². The van der Waals surface area contributed by atoms with Crippen molar-refractivity contribution in [2.24, 2.45) is 4.99 Å². The third-order valence-electron chi connectivity index (χ3n) is 2.42.